The van der Waals surface area contributed by atoms with Crippen LogP contribution >= 0.6 is 0 Å². The van der Waals surface area contributed by atoms with Gasteiger partial charge in [0.2, 0.25) is 0 Å². The van der Waals surface area contributed by atoms with Gasteiger partial charge in [0, 0.05) is 18.5 Å². The van der Waals surface area contributed by atoms with E-state index in [1.165, 1.54) is 36.4 Å². The molecule has 1 aliphatic heterocycles. The Bertz CT molecular complexity index is 947. The zero-order chi connectivity index (χ0) is 19.0. The number of alkyl halides is 3. The van der Waals surface area contributed by atoms with E-state index in [-0.39, 0.29) is 11.6 Å². The Kier molecular flexibility index (Phi) is 4.25. The second kappa shape index (κ2) is 6.61. The number of aromatic nitrogens is 2. The van der Waals surface area contributed by atoms with Crippen molar-refractivity contribution in [2.75, 3.05) is 11.9 Å². The molecule has 0 radical (unpaired) electrons. The number of anilines is 1. The number of halogens is 4. The molecule has 0 saturated carbocycles. The first-order valence-corrected chi connectivity index (χ1v) is 8.34. The minimum Gasteiger partial charge on any atom is -0.406 e. The van der Waals surface area contributed by atoms with Gasteiger partial charge in [-0.2, -0.15) is 5.10 Å². The van der Waals surface area contributed by atoms with E-state index in [2.05, 4.69) is 15.2 Å². The van der Waals surface area contributed by atoms with E-state index in [1.807, 2.05) is 0 Å². The van der Waals surface area contributed by atoms with Crippen molar-refractivity contribution in [1.29, 1.82) is 0 Å². The molecule has 0 fully saturated rings. The standard InChI is InChI=1S/C19H15F4N3O/c20-13-3-1-12(2-4-13)11-17-16-9-10-24-18(16)26(25-17)14-5-7-15(8-6-14)27-19(21,22)23/h1-8,24H,9-11H2. The van der Waals surface area contributed by atoms with Crippen LogP contribution in [0.2, 0.25) is 0 Å². The van der Waals surface area contributed by atoms with Gasteiger partial charge in [-0.1, -0.05) is 12.1 Å². The summed E-state index contributed by atoms with van der Waals surface area (Å²) < 4.78 is 55.6. The Morgan fingerprint density at radius 1 is 1.04 bits per heavy atom. The van der Waals surface area contributed by atoms with E-state index in [0.29, 0.717) is 12.1 Å². The Labute approximate surface area is 152 Å². The summed E-state index contributed by atoms with van der Waals surface area (Å²) in [6.07, 6.45) is -3.37. The fourth-order valence-electron chi connectivity index (χ4n) is 3.16. The summed E-state index contributed by atoms with van der Waals surface area (Å²) in [6, 6.07) is 11.8. The topological polar surface area (TPSA) is 39.1 Å². The predicted molar refractivity (Wildman–Crippen MR) is 91.6 cm³/mol. The lowest BCUT2D eigenvalue weighted by Gasteiger charge is -2.10. The third-order valence-corrected chi connectivity index (χ3v) is 4.33. The van der Waals surface area contributed by atoms with Crippen molar-refractivity contribution in [3.8, 4) is 11.4 Å². The molecule has 140 valence electrons. The molecule has 4 nitrogen and oxygen atoms in total. The summed E-state index contributed by atoms with van der Waals surface area (Å²) in [5, 5.41) is 7.89. The Morgan fingerprint density at radius 2 is 1.74 bits per heavy atom. The van der Waals surface area contributed by atoms with E-state index >= 15 is 0 Å². The molecule has 0 bridgehead atoms. The maximum atomic E-state index is 13.1. The highest BCUT2D eigenvalue weighted by Gasteiger charge is 2.31. The van der Waals surface area contributed by atoms with Crippen LogP contribution in [0.15, 0.2) is 48.5 Å². The fourth-order valence-corrected chi connectivity index (χ4v) is 3.16. The SMILES string of the molecule is Fc1ccc(Cc2nn(-c3ccc(OC(F)(F)F)cc3)c3c2CCN3)cc1. The maximum Gasteiger partial charge on any atom is 0.573 e. The number of nitrogens with zero attached hydrogens (tertiary/aromatic N) is 2. The van der Waals surface area contributed by atoms with E-state index in [9.17, 15) is 17.6 Å². The van der Waals surface area contributed by atoms with Crippen molar-refractivity contribution in [2.45, 2.75) is 19.2 Å². The molecule has 1 aromatic heterocycles. The number of hydrogen-bond acceptors (Lipinski definition) is 3. The molecule has 1 aliphatic rings. The van der Waals surface area contributed by atoms with Gasteiger partial charge in [-0.3, -0.25) is 0 Å². The van der Waals surface area contributed by atoms with Crippen molar-refractivity contribution in [3.63, 3.8) is 0 Å². The maximum absolute atomic E-state index is 13.1. The van der Waals surface area contributed by atoms with Gasteiger partial charge in [-0.05, 0) is 48.4 Å². The number of nitrogens with one attached hydrogen (secondary N) is 1. The zero-order valence-electron chi connectivity index (χ0n) is 14.1. The van der Waals surface area contributed by atoms with E-state index < -0.39 is 6.36 Å². The molecule has 0 amide bonds. The molecule has 2 heterocycles. The van der Waals surface area contributed by atoms with Crippen LogP contribution in [-0.2, 0) is 12.8 Å². The molecule has 3 aromatic rings. The fraction of sp³-hybridized carbons (Fsp3) is 0.211. The van der Waals surface area contributed by atoms with Crippen molar-refractivity contribution < 1.29 is 22.3 Å². The molecule has 0 aliphatic carbocycles. The van der Waals surface area contributed by atoms with Crippen molar-refractivity contribution in [1.82, 2.24) is 9.78 Å². The Hall–Kier alpha value is -3.03. The number of hydrogen-bond donors (Lipinski definition) is 1. The van der Waals surface area contributed by atoms with Gasteiger partial charge in [0.15, 0.2) is 0 Å². The second-order valence-corrected chi connectivity index (χ2v) is 6.21. The van der Waals surface area contributed by atoms with Gasteiger partial charge in [-0.25, -0.2) is 9.07 Å². The molecule has 2 aromatic carbocycles. The minimum absolute atomic E-state index is 0.283. The quantitative estimate of drug-likeness (QED) is 0.682. The smallest absolute Gasteiger partial charge is 0.406 e. The lowest BCUT2D eigenvalue weighted by molar-refractivity contribution is -0.274. The summed E-state index contributed by atoms with van der Waals surface area (Å²) in [5.41, 5.74) is 3.48. The summed E-state index contributed by atoms with van der Waals surface area (Å²) in [4.78, 5) is 0. The molecule has 1 N–H and O–H groups in total. The second-order valence-electron chi connectivity index (χ2n) is 6.21. The minimum atomic E-state index is -4.72. The number of ether oxygens (including phenoxy) is 1. The summed E-state index contributed by atoms with van der Waals surface area (Å²) in [7, 11) is 0. The predicted octanol–water partition coefficient (Wildman–Crippen LogP) is 4.47. The molecule has 0 atom stereocenters. The molecule has 0 saturated heterocycles. The van der Waals surface area contributed by atoms with Crippen LogP contribution in [0.4, 0.5) is 23.4 Å². The average Bonchev–Trinajstić information content (AvgIpc) is 3.20. The third-order valence-electron chi connectivity index (χ3n) is 4.33. The molecule has 8 heteroatoms. The van der Waals surface area contributed by atoms with Crippen LogP contribution in [0.25, 0.3) is 5.69 Å². The van der Waals surface area contributed by atoms with Gasteiger partial charge in [0.25, 0.3) is 0 Å². The van der Waals surface area contributed by atoms with Crippen LogP contribution in [0.5, 0.6) is 5.75 Å². The largest absolute Gasteiger partial charge is 0.573 e. The van der Waals surface area contributed by atoms with Crippen molar-refractivity contribution in [3.05, 3.63) is 71.2 Å². The molecule has 0 spiro atoms. The summed E-state index contributed by atoms with van der Waals surface area (Å²) in [5.74, 6) is 0.253. The molecule has 4 rings (SSSR count). The molecule has 0 unspecified atom stereocenters. The third kappa shape index (κ3) is 3.74. The number of rotatable bonds is 4. The summed E-state index contributed by atoms with van der Waals surface area (Å²) in [6.45, 7) is 0.763. The first-order valence-electron chi connectivity index (χ1n) is 8.34. The first kappa shape index (κ1) is 17.4. The van der Waals surface area contributed by atoms with Crippen molar-refractivity contribution in [2.24, 2.45) is 0 Å². The van der Waals surface area contributed by atoms with Crippen LogP contribution in [0, 0.1) is 5.82 Å². The lowest BCUT2D eigenvalue weighted by Crippen LogP contribution is -2.17. The van der Waals surface area contributed by atoms with Gasteiger partial charge < -0.3 is 10.1 Å². The average molecular weight is 377 g/mol. The molecular formula is C19H15F4N3O. The van der Waals surface area contributed by atoms with Gasteiger partial charge in [-0.15, -0.1) is 13.2 Å². The monoisotopic (exact) mass is 377 g/mol. The van der Waals surface area contributed by atoms with Gasteiger partial charge in [0.05, 0.1) is 11.4 Å². The lowest BCUT2D eigenvalue weighted by atomic mass is 10.1. The van der Waals surface area contributed by atoms with E-state index in [4.69, 9.17) is 0 Å². The van der Waals surface area contributed by atoms with Crippen LogP contribution < -0.4 is 10.1 Å². The normalized spacial score (nSPS) is 13.3. The zero-order valence-corrected chi connectivity index (χ0v) is 14.1. The first-order chi connectivity index (χ1) is 12.9. The van der Waals surface area contributed by atoms with E-state index in [0.717, 1.165) is 35.6 Å². The van der Waals surface area contributed by atoms with E-state index in [1.54, 1.807) is 16.8 Å². The highest BCUT2D eigenvalue weighted by molar-refractivity contribution is 5.58. The number of benzene rings is 2. The van der Waals surface area contributed by atoms with Crippen molar-refractivity contribution >= 4 is 5.82 Å². The Morgan fingerprint density at radius 3 is 2.41 bits per heavy atom. The Balaban J connectivity index is 1.63. The highest BCUT2D eigenvalue weighted by Crippen LogP contribution is 2.31. The summed E-state index contributed by atoms with van der Waals surface area (Å²) >= 11 is 0. The van der Waals surface area contributed by atoms with Gasteiger partial charge >= 0.3 is 6.36 Å². The number of fused-ring (bicyclic) bond motifs is 1. The molecule has 27 heavy (non-hydrogen) atoms. The van der Waals surface area contributed by atoms with Gasteiger partial charge in [0.1, 0.15) is 17.4 Å². The van der Waals surface area contributed by atoms with Crippen LogP contribution in [-0.4, -0.2) is 22.7 Å². The van der Waals surface area contributed by atoms with Crippen LogP contribution in [0.1, 0.15) is 16.8 Å². The highest BCUT2D eigenvalue weighted by atomic mass is 19.4. The van der Waals surface area contributed by atoms with Crippen LogP contribution in [0.3, 0.4) is 0 Å². The molecular weight excluding hydrogens is 362 g/mol.